The second-order valence-corrected chi connectivity index (χ2v) is 26.9. The number of carbonyl (C=O) groups is 4. The van der Waals surface area contributed by atoms with E-state index in [0.717, 1.165) is 25.7 Å². The number of cyclic esters (lactones) is 2. The van der Waals surface area contributed by atoms with Crippen molar-refractivity contribution in [1.82, 2.24) is 4.90 Å². The van der Waals surface area contributed by atoms with Gasteiger partial charge >= 0.3 is 17.9 Å². The summed E-state index contributed by atoms with van der Waals surface area (Å²) in [7, 11) is 6.77. The van der Waals surface area contributed by atoms with Crippen molar-refractivity contribution in [2.75, 3.05) is 28.3 Å². The van der Waals surface area contributed by atoms with Crippen molar-refractivity contribution in [2.45, 2.75) is 271 Å². The summed E-state index contributed by atoms with van der Waals surface area (Å²) >= 11 is 0. The fraction of sp³-hybridized carbons (Fsp3) is 0.873. The van der Waals surface area contributed by atoms with Gasteiger partial charge in [-0.05, 0) is 138 Å². The third-order valence-electron chi connectivity index (χ3n) is 19.6. The minimum absolute atomic E-state index is 0.0949. The lowest BCUT2D eigenvalue weighted by Gasteiger charge is -2.50. The van der Waals surface area contributed by atoms with Crippen LogP contribution in [0.1, 0.15) is 168 Å². The molecule has 0 aromatic carbocycles. The van der Waals surface area contributed by atoms with Crippen LogP contribution in [0.2, 0.25) is 0 Å². The molecule has 6 aliphatic rings. The number of rotatable bonds is 14. The summed E-state index contributed by atoms with van der Waals surface area (Å²) in [5.74, 6) is -3.69. The number of Topliss-reactive ketones (excluding diaryl/α,β-unsaturated/α-hetero) is 1. The van der Waals surface area contributed by atoms with Gasteiger partial charge in [0.25, 0.3) is 0 Å². The van der Waals surface area contributed by atoms with Gasteiger partial charge < -0.3 is 73.1 Å². The number of hydrogen-bond acceptors (Lipinski definition) is 19. The first kappa shape index (κ1) is 69.8. The zero-order chi connectivity index (χ0) is 61.7. The standard InChI is InChI=1S/C38H69NO13.C25H38O5/c1-15-26-38(10,45)31(42)21(4)28(40)19(2)17-37(9,47-14)33(52-35-29(41)25(39(11)12)16-20(3)48-35)22(5)30(23(6)34(44)50-26)51-27-18-36(8,46-13)32(43)24(7)49-27;1-6-25(4,5)24(28)30-21-12-15(2)11-17-8-7-16(3)20(23(17)21)10-9-19-13-18(26)14-22(27)29-19/h19-27,29-33,35,41-43,45H,15-18H2,1-14H3;7-8,11,15-16,18-21,23,26H,6,9-10,12-14H2,1-5H3/t19-,20-,21+,22?,23-,24+,25+,26-,27+,29-,30+,31-,32+,33-,35+,36-,37-,38-;15-,16-,18+,19+,20-,21-,23-/m10/s1. The number of likely N-dealkylation sites (N-methyl/N-ethyl adjacent to an activating group) is 1. The van der Waals surface area contributed by atoms with E-state index >= 15 is 0 Å². The predicted molar refractivity (Wildman–Crippen MR) is 307 cm³/mol. The molecule has 0 saturated carbocycles. The van der Waals surface area contributed by atoms with Gasteiger partial charge in [-0.25, -0.2) is 0 Å². The Hall–Kier alpha value is -2.92. The number of aliphatic hydroxyl groups excluding tert-OH is 4. The Bertz CT molecular complexity index is 2190. The van der Waals surface area contributed by atoms with Crippen LogP contribution in [0.25, 0.3) is 0 Å². The Labute approximate surface area is 489 Å². The van der Waals surface area contributed by atoms with Gasteiger partial charge in [-0.2, -0.15) is 0 Å². The molecule has 0 spiro atoms. The van der Waals surface area contributed by atoms with Crippen LogP contribution in [0.4, 0.5) is 0 Å². The van der Waals surface area contributed by atoms with Crippen LogP contribution in [0, 0.1) is 52.8 Å². The van der Waals surface area contributed by atoms with Crippen LogP contribution in [0.3, 0.4) is 0 Å². The van der Waals surface area contributed by atoms with Gasteiger partial charge in [-0.15, -0.1) is 0 Å². The van der Waals surface area contributed by atoms with Crippen LogP contribution in [0.5, 0.6) is 0 Å². The van der Waals surface area contributed by atoms with Crippen molar-refractivity contribution >= 4 is 23.7 Å². The molecule has 82 heavy (non-hydrogen) atoms. The number of ether oxygens (including phenoxy) is 9. The fourth-order valence-corrected chi connectivity index (χ4v) is 13.7. The molecule has 4 aliphatic heterocycles. The first-order valence-electron chi connectivity index (χ1n) is 30.5. The molecule has 2 aliphatic carbocycles. The quantitative estimate of drug-likeness (QED) is 0.0864. The number of allylic oxidation sites excluding steroid dienone is 3. The van der Waals surface area contributed by atoms with Gasteiger partial charge in [0.2, 0.25) is 0 Å². The van der Waals surface area contributed by atoms with E-state index in [2.05, 4.69) is 32.1 Å². The highest BCUT2D eigenvalue weighted by Gasteiger charge is 2.54. The molecule has 4 saturated heterocycles. The van der Waals surface area contributed by atoms with Crippen molar-refractivity contribution in [3.8, 4) is 0 Å². The van der Waals surface area contributed by atoms with E-state index in [0.29, 0.717) is 30.6 Å². The van der Waals surface area contributed by atoms with E-state index in [-0.39, 0.29) is 73.7 Å². The van der Waals surface area contributed by atoms with E-state index in [9.17, 15) is 44.7 Å². The van der Waals surface area contributed by atoms with Gasteiger partial charge in [0, 0.05) is 56.8 Å². The lowest BCUT2D eigenvalue weighted by Crippen LogP contribution is -2.61. The van der Waals surface area contributed by atoms with E-state index in [1.54, 1.807) is 48.5 Å². The third-order valence-corrected chi connectivity index (χ3v) is 19.6. The first-order chi connectivity index (χ1) is 38.1. The molecule has 5 N–H and O–H groups in total. The number of esters is 3. The average molecular weight is 1170 g/mol. The lowest BCUT2D eigenvalue weighted by molar-refractivity contribution is -0.319. The minimum atomic E-state index is -1.96. The number of methoxy groups -OCH3 is 2. The molecule has 6 rings (SSSR count). The van der Waals surface area contributed by atoms with Gasteiger partial charge in [0.1, 0.15) is 41.9 Å². The molecule has 4 heterocycles. The summed E-state index contributed by atoms with van der Waals surface area (Å²) in [6, 6.07) is -0.283. The maximum Gasteiger partial charge on any atom is 0.311 e. The predicted octanol–water partition coefficient (Wildman–Crippen LogP) is 7.03. The van der Waals surface area contributed by atoms with Crippen molar-refractivity contribution in [2.24, 2.45) is 52.8 Å². The van der Waals surface area contributed by atoms with E-state index in [1.807, 2.05) is 53.6 Å². The third kappa shape index (κ3) is 16.2. The normalized spacial score (nSPS) is 44.5. The minimum Gasteiger partial charge on any atom is -0.462 e. The van der Waals surface area contributed by atoms with Crippen molar-refractivity contribution in [3.05, 3.63) is 23.8 Å². The summed E-state index contributed by atoms with van der Waals surface area (Å²) < 4.78 is 55.5. The average Bonchev–Trinajstić information content (AvgIpc) is 3.55. The van der Waals surface area contributed by atoms with Crippen LogP contribution in [-0.4, -0.2) is 185 Å². The number of aliphatic hydroxyl groups is 5. The lowest BCUT2D eigenvalue weighted by atomic mass is 9.65. The fourth-order valence-electron chi connectivity index (χ4n) is 13.7. The van der Waals surface area contributed by atoms with Crippen LogP contribution in [-0.2, 0) is 61.8 Å². The van der Waals surface area contributed by atoms with E-state index in [1.165, 1.54) is 26.7 Å². The number of carbonyl (C=O) groups excluding carboxylic acids is 4. The SMILES string of the molecule is CCC(C)(C)C(=O)O[C@H]1C[C@@H](C)C=C2C=C[C@H](C)[C@H](CC[C@@H]3C[C@@H](O)CC(=O)O3)[C@H]21.CC[C@H]1OC(=O)[C@H](C)[C@@H](O[C@H]2C[C@@](C)(OC)[C@@H](O)[C@H](C)O2)C(C)[C@@H](O[C@@H]2O[C@H](C)C[C@H](N(C)C)[C@H]2O)[C@](C)(OC)C[C@@H](C)C(=O)[C@H](C)[C@@H](O)[C@]1(C)O. The largest absolute Gasteiger partial charge is 0.462 e. The summed E-state index contributed by atoms with van der Waals surface area (Å²) in [5.41, 5.74) is -3.46. The van der Waals surface area contributed by atoms with E-state index in [4.69, 9.17) is 42.6 Å². The second kappa shape index (κ2) is 28.7. The summed E-state index contributed by atoms with van der Waals surface area (Å²) in [6.45, 7) is 27.4. The second-order valence-electron chi connectivity index (χ2n) is 26.9. The van der Waals surface area contributed by atoms with Gasteiger partial charge in [0.15, 0.2) is 12.6 Å². The molecule has 25 atom stereocenters. The topological polar surface area (TPSA) is 256 Å². The molecular formula is C63H107NO18. The van der Waals surface area contributed by atoms with Crippen molar-refractivity contribution in [1.29, 1.82) is 0 Å². The van der Waals surface area contributed by atoms with Gasteiger partial charge in [-0.3, -0.25) is 19.2 Å². The molecule has 19 nitrogen and oxygen atoms in total. The summed E-state index contributed by atoms with van der Waals surface area (Å²) in [6.07, 6.45) is 0.883. The summed E-state index contributed by atoms with van der Waals surface area (Å²) in [5, 5.41) is 55.5. The zero-order valence-corrected chi connectivity index (χ0v) is 53.0. The highest BCUT2D eigenvalue weighted by Crippen LogP contribution is 2.47. The van der Waals surface area contributed by atoms with Crippen LogP contribution in [0.15, 0.2) is 23.8 Å². The maximum atomic E-state index is 14.2. The smallest absolute Gasteiger partial charge is 0.311 e. The molecule has 472 valence electrons. The molecule has 19 heteroatoms. The van der Waals surface area contributed by atoms with Crippen molar-refractivity contribution in [3.63, 3.8) is 0 Å². The molecule has 0 radical (unpaired) electrons. The number of ketones is 1. The Kier molecular flexibility index (Phi) is 24.5. The number of nitrogens with zero attached hydrogens (tertiary/aromatic N) is 1. The number of hydrogen-bond donors (Lipinski definition) is 5. The molecule has 0 bridgehead atoms. The highest BCUT2D eigenvalue weighted by atomic mass is 16.7. The molecule has 0 aromatic heterocycles. The first-order valence-corrected chi connectivity index (χ1v) is 30.5. The molecule has 1 unspecified atom stereocenters. The Balaban J connectivity index is 0.000000346. The monoisotopic (exact) mass is 1170 g/mol. The highest BCUT2D eigenvalue weighted by molar-refractivity contribution is 5.83. The zero-order valence-electron chi connectivity index (χ0n) is 53.0. The molecular weight excluding hydrogens is 1060 g/mol. The molecule has 0 amide bonds. The Morgan fingerprint density at radius 2 is 1.46 bits per heavy atom. The van der Waals surface area contributed by atoms with Gasteiger partial charge in [-0.1, -0.05) is 66.7 Å². The maximum absolute atomic E-state index is 14.2. The Morgan fingerprint density at radius 1 is 0.817 bits per heavy atom. The van der Waals surface area contributed by atoms with Crippen LogP contribution >= 0.6 is 0 Å². The van der Waals surface area contributed by atoms with Crippen molar-refractivity contribution < 1.29 is 87.3 Å². The summed E-state index contributed by atoms with van der Waals surface area (Å²) in [4.78, 5) is 54.6. The van der Waals surface area contributed by atoms with E-state index < -0.39 is 113 Å². The Morgan fingerprint density at radius 3 is 2.05 bits per heavy atom. The molecule has 4 fully saturated rings. The van der Waals surface area contributed by atoms with Gasteiger partial charge in [0.05, 0.1) is 65.6 Å². The van der Waals surface area contributed by atoms with Crippen LogP contribution < -0.4 is 0 Å². The molecule has 0 aromatic rings. The number of fused-ring (bicyclic) bond motifs is 1.